The molecule has 0 heterocycles. The van der Waals surface area contributed by atoms with E-state index < -0.39 is 0 Å². The van der Waals surface area contributed by atoms with Gasteiger partial charge in [-0.1, -0.05) is 17.6 Å². The van der Waals surface area contributed by atoms with E-state index in [1.807, 2.05) is 0 Å². The van der Waals surface area contributed by atoms with E-state index in [2.05, 4.69) is 0 Å². The van der Waals surface area contributed by atoms with Gasteiger partial charge < -0.3 is 5.73 Å². The van der Waals surface area contributed by atoms with Gasteiger partial charge in [0.1, 0.15) is 13.7 Å². The molecule has 0 aliphatic heterocycles. The van der Waals surface area contributed by atoms with Gasteiger partial charge in [0.05, 0.1) is 0 Å². The van der Waals surface area contributed by atoms with Crippen LogP contribution in [0.1, 0.15) is 5.56 Å². The normalized spacial score (nSPS) is 9.80. The molecule has 0 saturated heterocycles. The summed E-state index contributed by atoms with van der Waals surface area (Å²) in [6.07, 6.45) is 0. The molecule has 52 valence electrons. The summed E-state index contributed by atoms with van der Waals surface area (Å²) < 4.78 is 12.6. The zero-order valence-corrected chi connectivity index (χ0v) is 5.89. The van der Waals surface area contributed by atoms with Crippen LogP contribution in [0.25, 0.3) is 0 Å². The highest BCUT2D eigenvalue weighted by molar-refractivity contribution is 6.32. The Morgan fingerprint density at radius 2 is 2.20 bits per heavy atom. The summed E-state index contributed by atoms with van der Waals surface area (Å²) in [6.45, 7) is 0.473. The van der Waals surface area contributed by atoms with Crippen LogP contribution in [0.3, 0.4) is 0 Å². The van der Waals surface area contributed by atoms with Gasteiger partial charge in [-0.25, -0.2) is 4.39 Å². The van der Waals surface area contributed by atoms with Gasteiger partial charge in [-0.15, -0.1) is 0 Å². The highest BCUT2D eigenvalue weighted by Gasteiger charge is 1.95. The summed E-state index contributed by atoms with van der Waals surface area (Å²) in [5.74, 6) is -0.169. The predicted octanol–water partition coefficient (Wildman–Crippen LogP) is -0.457. The second-order valence-electron chi connectivity index (χ2n) is 2.29. The predicted molar refractivity (Wildman–Crippen MR) is 42.5 cm³/mol. The Morgan fingerprint density at radius 3 is 2.70 bits per heavy atom. The fourth-order valence-corrected chi connectivity index (χ4v) is 0.834. The van der Waals surface area contributed by atoms with Crippen molar-refractivity contribution >= 4 is 13.3 Å². The molecule has 0 atom stereocenters. The second-order valence-corrected chi connectivity index (χ2v) is 2.29. The van der Waals surface area contributed by atoms with Crippen molar-refractivity contribution in [3.63, 3.8) is 0 Å². The average Bonchev–Trinajstić information content (AvgIpc) is 1.95. The summed E-state index contributed by atoms with van der Waals surface area (Å²) in [5.41, 5.74) is 6.97. The Morgan fingerprint density at radius 1 is 1.50 bits per heavy atom. The molecule has 0 aliphatic carbocycles. The van der Waals surface area contributed by atoms with E-state index in [9.17, 15) is 4.39 Å². The molecular formula is C7H9BFN. The zero-order chi connectivity index (χ0) is 7.56. The molecule has 3 heteroatoms. The number of halogens is 1. The molecule has 0 unspecified atom stereocenters. The lowest BCUT2D eigenvalue weighted by Crippen LogP contribution is -2.10. The molecule has 1 nitrogen and oxygen atoms in total. The Hall–Kier alpha value is -0.825. The highest BCUT2D eigenvalue weighted by Crippen LogP contribution is 1.97. The van der Waals surface area contributed by atoms with Crippen molar-refractivity contribution in [1.29, 1.82) is 0 Å². The maximum atomic E-state index is 12.6. The Kier molecular flexibility index (Phi) is 2.07. The molecule has 2 N–H and O–H groups in total. The van der Waals surface area contributed by atoms with Crippen LogP contribution in [0.2, 0.25) is 0 Å². The van der Waals surface area contributed by atoms with Crippen LogP contribution >= 0.6 is 0 Å². The van der Waals surface area contributed by atoms with Gasteiger partial charge in [0.25, 0.3) is 0 Å². The molecule has 1 aromatic carbocycles. The van der Waals surface area contributed by atoms with E-state index in [-0.39, 0.29) is 5.82 Å². The summed E-state index contributed by atoms with van der Waals surface area (Å²) in [4.78, 5) is 0. The molecule has 0 aromatic heterocycles. The van der Waals surface area contributed by atoms with Crippen LogP contribution < -0.4 is 11.2 Å². The standard InChI is InChI=1S/C7H9BFN/c8-6-3-5(4-10)1-2-7(6)9/h1-3H,4,8,10H2. The van der Waals surface area contributed by atoms with Crippen LogP contribution in [0.15, 0.2) is 18.2 Å². The molecule has 0 spiro atoms. The third-order valence-corrected chi connectivity index (χ3v) is 1.46. The molecule has 1 aromatic rings. The molecular weight excluding hydrogens is 128 g/mol. The van der Waals surface area contributed by atoms with Crippen LogP contribution in [0.5, 0.6) is 0 Å². The number of benzene rings is 1. The van der Waals surface area contributed by atoms with Gasteiger partial charge in [0, 0.05) is 6.54 Å². The molecule has 0 bridgehead atoms. The first-order valence-electron chi connectivity index (χ1n) is 3.19. The fraction of sp³-hybridized carbons (Fsp3) is 0.143. The molecule has 1 rings (SSSR count). The van der Waals surface area contributed by atoms with Crippen LogP contribution in [0, 0.1) is 5.82 Å². The van der Waals surface area contributed by atoms with Gasteiger partial charge in [-0.3, -0.25) is 0 Å². The van der Waals surface area contributed by atoms with E-state index in [0.29, 0.717) is 12.0 Å². The largest absolute Gasteiger partial charge is 0.326 e. The Bertz CT molecular complexity index is 237. The number of hydrogen-bond acceptors (Lipinski definition) is 1. The average molecular weight is 137 g/mol. The van der Waals surface area contributed by atoms with Crippen molar-refractivity contribution in [1.82, 2.24) is 0 Å². The topological polar surface area (TPSA) is 26.0 Å². The first-order valence-corrected chi connectivity index (χ1v) is 3.19. The minimum Gasteiger partial charge on any atom is -0.326 e. The van der Waals surface area contributed by atoms with Gasteiger partial charge >= 0.3 is 0 Å². The number of rotatable bonds is 1. The SMILES string of the molecule is Bc1cc(CN)ccc1F. The second kappa shape index (κ2) is 2.84. The maximum Gasteiger partial charge on any atom is 0.143 e. The molecule has 10 heavy (non-hydrogen) atoms. The molecule has 0 amide bonds. The van der Waals surface area contributed by atoms with Crippen molar-refractivity contribution in [3.05, 3.63) is 29.6 Å². The van der Waals surface area contributed by atoms with E-state index in [4.69, 9.17) is 5.73 Å². The highest BCUT2D eigenvalue weighted by atomic mass is 19.1. The first kappa shape index (κ1) is 7.28. The Balaban J connectivity index is 3.04. The summed E-state index contributed by atoms with van der Waals surface area (Å²) in [5, 5.41) is 0. The molecule has 0 aliphatic rings. The molecule has 0 saturated carbocycles. The lowest BCUT2D eigenvalue weighted by molar-refractivity contribution is 0.635. The van der Waals surface area contributed by atoms with Gasteiger partial charge in [-0.2, -0.15) is 0 Å². The number of nitrogens with two attached hydrogens (primary N) is 1. The van der Waals surface area contributed by atoms with E-state index in [0.717, 1.165) is 5.56 Å². The summed E-state index contributed by atoms with van der Waals surface area (Å²) in [7, 11) is 1.73. The number of hydrogen-bond donors (Lipinski definition) is 1. The minimum absolute atomic E-state index is 0.169. The van der Waals surface area contributed by atoms with Gasteiger partial charge in [0.15, 0.2) is 0 Å². The lowest BCUT2D eigenvalue weighted by Gasteiger charge is -1.98. The van der Waals surface area contributed by atoms with E-state index in [1.165, 1.54) is 6.07 Å². The summed E-state index contributed by atoms with van der Waals surface area (Å²) >= 11 is 0. The van der Waals surface area contributed by atoms with Crippen LogP contribution in [0.4, 0.5) is 4.39 Å². The lowest BCUT2D eigenvalue weighted by atomic mass is 9.94. The first-order chi connectivity index (χ1) is 4.74. The van der Waals surface area contributed by atoms with E-state index in [1.54, 1.807) is 20.0 Å². The van der Waals surface area contributed by atoms with E-state index >= 15 is 0 Å². The fourth-order valence-electron chi connectivity index (χ4n) is 0.834. The van der Waals surface area contributed by atoms with Crippen LogP contribution in [-0.2, 0) is 6.54 Å². The van der Waals surface area contributed by atoms with Crippen molar-refractivity contribution in [2.75, 3.05) is 0 Å². The maximum absolute atomic E-state index is 12.6. The third-order valence-electron chi connectivity index (χ3n) is 1.46. The van der Waals surface area contributed by atoms with Crippen LogP contribution in [-0.4, -0.2) is 7.85 Å². The monoisotopic (exact) mass is 137 g/mol. The molecule has 0 radical (unpaired) electrons. The van der Waals surface area contributed by atoms with Crippen molar-refractivity contribution in [3.8, 4) is 0 Å². The van der Waals surface area contributed by atoms with Gasteiger partial charge in [0.2, 0.25) is 0 Å². The smallest absolute Gasteiger partial charge is 0.143 e. The zero-order valence-electron chi connectivity index (χ0n) is 5.89. The van der Waals surface area contributed by atoms with Crippen molar-refractivity contribution < 1.29 is 4.39 Å². The minimum atomic E-state index is -0.169. The quantitative estimate of drug-likeness (QED) is 0.521. The summed E-state index contributed by atoms with van der Waals surface area (Å²) in [6, 6.07) is 4.90. The molecule has 0 fully saturated rings. The third kappa shape index (κ3) is 1.36. The van der Waals surface area contributed by atoms with Gasteiger partial charge in [-0.05, 0) is 11.6 Å². The van der Waals surface area contributed by atoms with Crippen molar-refractivity contribution in [2.45, 2.75) is 6.54 Å². The Labute approximate surface area is 60.5 Å². The van der Waals surface area contributed by atoms with Crippen molar-refractivity contribution in [2.24, 2.45) is 5.73 Å².